The third-order valence-corrected chi connectivity index (χ3v) is 4.70. The molecule has 2 heterocycles. The van der Waals surface area contributed by atoms with Crippen LogP contribution in [0.15, 0.2) is 24.3 Å². The maximum absolute atomic E-state index is 7.84. The van der Waals surface area contributed by atoms with Crippen LogP contribution in [0.25, 0.3) is 10.1 Å². The summed E-state index contributed by atoms with van der Waals surface area (Å²) >= 11 is 1.59. The van der Waals surface area contributed by atoms with Crippen molar-refractivity contribution < 1.29 is 4.74 Å². The van der Waals surface area contributed by atoms with E-state index in [1.807, 2.05) is 11.8 Å². The largest absolute Gasteiger partial charge is 0.466 e. The molecule has 3 rings (SSSR count). The molecule has 20 heavy (non-hydrogen) atoms. The first-order valence-electron chi connectivity index (χ1n) is 7.10. The van der Waals surface area contributed by atoms with E-state index in [0.29, 0.717) is 18.5 Å². The third kappa shape index (κ3) is 2.50. The molecule has 0 amide bonds. The van der Waals surface area contributed by atoms with Crippen molar-refractivity contribution in [3.63, 3.8) is 0 Å². The first kappa shape index (κ1) is 13.4. The fourth-order valence-corrected chi connectivity index (χ4v) is 3.64. The Hall–Kier alpha value is -1.62. The maximum Gasteiger partial charge on any atom is 0.284 e. The number of piperidine rings is 1. The fraction of sp³-hybridized carbons (Fsp3) is 0.467. The topological polar surface area (TPSA) is 49.2 Å². The molecule has 4 nitrogen and oxygen atoms in total. The second-order valence-electron chi connectivity index (χ2n) is 5.06. The number of benzene rings is 1. The van der Waals surface area contributed by atoms with Gasteiger partial charge in [-0.15, -0.1) is 0 Å². The van der Waals surface area contributed by atoms with Crippen LogP contribution in [0.4, 0.5) is 0 Å². The van der Waals surface area contributed by atoms with Gasteiger partial charge in [-0.2, -0.15) is 4.37 Å². The zero-order valence-corrected chi connectivity index (χ0v) is 12.4. The SMILES string of the molecule is CCOC(=N)N1CCC(c2nsc3ccccc23)CC1. The van der Waals surface area contributed by atoms with Crippen LogP contribution in [0, 0.1) is 5.41 Å². The molecule has 0 saturated carbocycles. The van der Waals surface area contributed by atoms with Crippen LogP contribution in [0.1, 0.15) is 31.4 Å². The third-order valence-electron chi connectivity index (χ3n) is 3.86. The van der Waals surface area contributed by atoms with Gasteiger partial charge in [0.2, 0.25) is 0 Å². The summed E-state index contributed by atoms with van der Waals surface area (Å²) in [5.41, 5.74) is 1.24. The highest BCUT2D eigenvalue weighted by Crippen LogP contribution is 2.34. The van der Waals surface area contributed by atoms with Crippen molar-refractivity contribution in [1.82, 2.24) is 9.27 Å². The summed E-state index contributed by atoms with van der Waals surface area (Å²) in [4.78, 5) is 2.02. The normalized spacial score (nSPS) is 16.6. The van der Waals surface area contributed by atoms with Gasteiger partial charge in [0.1, 0.15) is 0 Å². The van der Waals surface area contributed by atoms with E-state index in [1.54, 1.807) is 11.5 Å². The van der Waals surface area contributed by atoms with E-state index < -0.39 is 0 Å². The minimum absolute atomic E-state index is 0.314. The predicted molar refractivity (Wildman–Crippen MR) is 82.5 cm³/mol. The highest BCUT2D eigenvalue weighted by molar-refractivity contribution is 7.13. The zero-order valence-electron chi connectivity index (χ0n) is 11.6. The molecule has 5 heteroatoms. The summed E-state index contributed by atoms with van der Waals surface area (Å²) in [6.07, 6.45) is 2.09. The quantitative estimate of drug-likeness (QED) is 0.680. The molecule has 106 valence electrons. The van der Waals surface area contributed by atoms with Crippen LogP contribution in [0.2, 0.25) is 0 Å². The van der Waals surface area contributed by atoms with Gasteiger partial charge in [-0.05, 0) is 37.4 Å². The van der Waals surface area contributed by atoms with Crippen LogP contribution in [-0.4, -0.2) is 35.0 Å². The molecule has 0 spiro atoms. The second-order valence-corrected chi connectivity index (χ2v) is 5.87. The average molecular weight is 289 g/mol. The Bertz CT molecular complexity index is 602. The zero-order chi connectivity index (χ0) is 13.9. The van der Waals surface area contributed by atoms with E-state index in [1.165, 1.54) is 15.8 Å². The Morgan fingerprint density at radius 2 is 2.15 bits per heavy atom. The molecule has 1 aliphatic heterocycles. The summed E-state index contributed by atoms with van der Waals surface area (Å²) < 4.78 is 11.2. The van der Waals surface area contributed by atoms with Gasteiger partial charge in [-0.1, -0.05) is 18.2 Å². The first-order valence-corrected chi connectivity index (χ1v) is 7.87. The molecule has 0 bridgehead atoms. The van der Waals surface area contributed by atoms with Gasteiger partial charge >= 0.3 is 0 Å². The smallest absolute Gasteiger partial charge is 0.284 e. The molecule has 2 aromatic rings. The molecule has 1 N–H and O–H groups in total. The average Bonchev–Trinajstić information content (AvgIpc) is 2.92. The number of ether oxygens (including phenoxy) is 1. The number of hydrogen-bond donors (Lipinski definition) is 1. The highest BCUT2D eigenvalue weighted by Gasteiger charge is 2.25. The minimum atomic E-state index is 0.314. The Balaban J connectivity index is 1.70. The Morgan fingerprint density at radius 3 is 2.90 bits per heavy atom. The van der Waals surface area contributed by atoms with Gasteiger partial charge in [-0.3, -0.25) is 5.41 Å². The Labute approximate surface area is 123 Å². The molecule has 1 aromatic heterocycles. The van der Waals surface area contributed by atoms with Crippen molar-refractivity contribution in [2.24, 2.45) is 0 Å². The minimum Gasteiger partial charge on any atom is -0.466 e. The fourth-order valence-electron chi connectivity index (χ4n) is 2.78. The van der Waals surface area contributed by atoms with Crippen molar-refractivity contribution >= 4 is 27.6 Å². The predicted octanol–water partition coefficient (Wildman–Crippen LogP) is 3.45. The van der Waals surface area contributed by atoms with Crippen LogP contribution in [-0.2, 0) is 4.74 Å². The van der Waals surface area contributed by atoms with Crippen LogP contribution >= 0.6 is 11.5 Å². The summed E-state index contributed by atoms with van der Waals surface area (Å²) in [6.45, 7) is 4.25. The highest BCUT2D eigenvalue weighted by atomic mass is 32.1. The van der Waals surface area contributed by atoms with E-state index >= 15 is 0 Å². The van der Waals surface area contributed by atoms with Gasteiger partial charge in [0, 0.05) is 24.4 Å². The van der Waals surface area contributed by atoms with Gasteiger partial charge in [0.05, 0.1) is 17.0 Å². The summed E-state index contributed by atoms with van der Waals surface area (Å²) in [5, 5.41) is 9.15. The van der Waals surface area contributed by atoms with Gasteiger partial charge in [0.15, 0.2) is 0 Å². The van der Waals surface area contributed by atoms with Gasteiger partial charge in [0.25, 0.3) is 6.02 Å². The number of nitrogens with zero attached hydrogens (tertiary/aromatic N) is 2. The first-order chi connectivity index (χ1) is 9.79. The number of nitrogens with one attached hydrogen (secondary N) is 1. The van der Waals surface area contributed by atoms with Gasteiger partial charge < -0.3 is 9.64 Å². The lowest BCUT2D eigenvalue weighted by molar-refractivity contribution is 0.210. The lowest BCUT2D eigenvalue weighted by atomic mass is 9.92. The number of aromatic nitrogens is 1. The van der Waals surface area contributed by atoms with Gasteiger partial charge in [-0.25, -0.2) is 0 Å². The molecule has 0 radical (unpaired) electrons. The Morgan fingerprint density at radius 1 is 1.40 bits per heavy atom. The standard InChI is InChI=1S/C15H19N3OS/c1-2-19-15(16)18-9-7-11(8-10-18)14-12-5-3-4-6-13(12)20-17-14/h3-6,11,16H,2,7-10H2,1H3. The van der Waals surface area contributed by atoms with Crippen molar-refractivity contribution in [3.05, 3.63) is 30.0 Å². The number of fused-ring (bicyclic) bond motifs is 1. The number of amidine groups is 1. The molecular formula is C15H19N3OS. The van der Waals surface area contributed by atoms with E-state index in [-0.39, 0.29) is 0 Å². The second kappa shape index (κ2) is 5.79. The van der Waals surface area contributed by atoms with E-state index in [0.717, 1.165) is 25.9 Å². The molecule has 1 aromatic carbocycles. The monoisotopic (exact) mass is 289 g/mol. The van der Waals surface area contributed by atoms with E-state index in [4.69, 9.17) is 10.1 Å². The molecule has 1 aliphatic rings. The van der Waals surface area contributed by atoms with Crippen molar-refractivity contribution in [3.8, 4) is 0 Å². The molecule has 0 aliphatic carbocycles. The number of likely N-dealkylation sites (tertiary alicyclic amines) is 1. The molecule has 0 unspecified atom stereocenters. The summed E-state index contributed by atoms with van der Waals surface area (Å²) in [7, 11) is 0. The van der Waals surface area contributed by atoms with Crippen molar-refractivity contribution in [2.45, 2.75) is 25.7 Å². The van der Waals surface area contributed by atoms with Crippen LogP contribution in [0.5, 0.6) is 0 Å². The lowest BCUT2D eigenvalue weighted by Crippen LogP contribution is -2.38. The molecule has 1 saturated heterocycles. The van der Waals surface area contributed by atoms with Crippen LogP contribution in [0.3, 0.4) is 0 Å². The maximum atomic E-state index is 7.84. The summed E-state index contributed by atoms with van der Waals surface area (Å²) in [6, 6.07) is 8.77. The lowest BCUT2D eigenvalue weighted by Gasteiger charge is -2.32. The Kier molecular flexibility index (Phi) is 3.87. The number of hydrogen-bond acceptors (Lipinski definition) is 4. The molecule has 0 atom stereocenters. The summed E-state index contributed by atoms with van der Waals surface area (Å²) in [5.74, 6) is 0.511. The van der Waals surface area contributed by atoms with E-state index in [2.05, 4.69) is 28.6 Å². The molecular weight excluding hydrogens is 270 g/mol. The molecule has 1 fully saturated rings. The van der Waals surface area contributed by atoms with Crippen LogP contribution < -0.4 is 0 Å². The van der Waals surface area contributed by atoms with Crippen molar-refractivity contribution in [2.75, 3.05) is 19.7 Å². The van der Waals surface area contributed by atoms with E-state index in [9.17, 15) is 0 Å². The van der Waals surface area contributed by atoms with Crippen molar-refractivity contribution in [1.29, 1.82) is 5.41 Å². The number of rotatable bonds is 2.